The van der Waals surface area contributed by atoms with Crippen molar-refractivity contribution in [1.29, 1.82) is 0 Å². The predicted octanol–water partition coefficient (Wildman–Crippen LogP) is 2.40. The molecule has 126 valence electrons. The van der Waals surface area contributed by atoms with E-state index in [1.165, 1.54) is 0 Å². The van der Waals surface area contributed by atoms with Gasteiger partial charge in [0.1, 0.15) is 11.6 Å². The molecule has 0 atom stereocenters. The van der Waals surface area contributed by atoms with Crippen LogP contribution < -0.4 is 15.1 Å². The summed E-state index contributed by atoms with van der Waals surface area (Å²) in [6.07, 6.45) is 3.65. The van der Waals surface area contributed by atoms with Crippen LogP contribution >= 0.6 is 0 Å². The molecule has 1 aliphatic heterocycles. The number of hydrogen-bond acceptors (Lipinski definition) is 5. The van der Waals surface area contributed by atoms with Crippen molar-refractivity contribution in [3.63, 3.8) is 0 Å². The van der Waals surface area contributed by atoms with Gasteiger partial charge < -0.3 is 15.1 Å². The van der Waals surface area contributed by atoms with Crippen molar-refractivity contribution in [2.75, 3.05) is 41.3 Å². The van der Waals surface area contributed by atoms with Crippen molar-refractivity contribution in [3.8, 4) is 0 Å². The third-order valence-corrected chi connectivity index (χ3v) is 4.14. The number of piperazine rings is 1. The summed E-state index contributed by atoms with van der Waals surface area (Å²) in [5.74, 6) is 1.57. The minimum Gasteiger partial charge on any atom is -0.367 e. The minimum atomic E-state index is -0.0499. The van der Waals surface area contributed by atoms with Crippen LogP contribution in [0.3, 0.4) is 0 Å². The second kappa shape index (κ2) is 7.29. The van der Waals surface area contributed by atoms with Crippen molar-refractivity contribution in [2.45, 2.75) is 13.8 Å². The Hall–Kier alpha value is -2.63. The molecule has 1 saturated heterocycles. The molecule has 1 amide bonds. The van der Waals surface area contributed by atoms with Crippen LogP contribution in [0, 0.1) is 5.92 Å². The van der Waals surface area contributed by atoms with Gasteiger partial charge in [0.05, 0.1) is 11.9 Å². The fourth-order valence-electron chi connectivity index (χ4n) is 2.65. The third kappa shape index (κ3) is 3.82. The molecule has 2 aromatic rings. The molecule has 0 bridgehead atoms. The maximum absolute atomic E-state index is 11.7. The lowest BCUT2D eigenvalue weighted by Gasteiger charge is -2.36. The minimum absolute atomic E-state index is 0.0146. The number of anilines is 3. The zero-order valence-corrected chi connectivity index (χ0v) is 14.1. The Morgan fingerprint density at radius 1 is 1.04 bits per heavy atom. The van der Waals surface area contributed by atoms with Gasteiger partial charge in [-0.15, -0.1) is 0 Å². The van der Waals surface area contributed by atoms with Crippen LogP contribution in [0.25, 0.3) is 0 Å². The molecule has 6 heteroatoms. The molecule has 2 aromatic heterocycles. The van der Waals surface area contributed by atoms with Crippen LogP contribution in [0.5, 0.6) is 0 Å². The standard InChI is InChI=1S/C18H23N5O/c1-14(2)18(24)21-16-7-6-15(13-20-16)22-9-11-23(12-10-22)17-5-3-4-8-19-17/h3-8,13-14H,9-12H2,1-2H3,(H,20,21,24). The van der Waals surface area contributed by atoms with Gasteiger partial charge in [-0.05, 0) is 24.3 Å². The predicted molar refractivity (Wildman–Crippen MR) is 96.4 cm³/mol. The lowest BCUT2D eigenvalue weighted by molar-refractivity contribution is -0.118. The fourth-order valence-corrected chi connectivity index (χ4v) is 2.65. The Morgan fingerprint density at radius 3 is 2.38 bits per heavy atom. The van der Waals surface area contributed by atoms with Crippen LogP contribution in [0.2, 0.25) is 0 Å². The Kier molecular flexibility index (Phi) is 4.93. The van der Waals surface area contributed by atoms with Gasteiger partial charge in [0.25, 0.3) is 0 Å². The van der Waals surface area contributed by atoms with E-state index in [4.69, 9.17) is 0 Å². The molecule has 0 radical (unpaired) electrons. The molecule has 0 spiro atoms. The summed E-state index contributed by atoms with van der Waals surface area (Å²) in [5.41, 5.74) is 1.08. The Balaban J connectivity index is 1.57. The highest BCUT2D eigenvalue weighted by atomic mass is 16.1. The second-order valence-electron chi connectivity index (χ2n) is 6.21. The molecule has 6 nitrogen and oxygen atoms in total. The number of carbonyl (C=O) groups is 1. The zero-order valence-electron chi connectivity index (χ0n) is 14.1. The van der Waals surface area contributed by atoms with E-state index >= 15 is 0 Å². The fraction of sp³-hybridized carbons (Fsp3) is 0.389. The molecule has 24 heavy (non-hydrogen) atoms. The molecule has 1 aliphatic rings. The van der Waals surface area contributed by atoms with Gasteiger partial charge in [0.15, 0.2) is 0 Å². The number of nitrogens with one attached hydrogen (secondary N) is 1. The van der Waals surface area contributed by atoms with E-state index in [0.717, 1.165) is 37.7 Å². The van der Waals surface area contributed by atoms with E-state index in [2.05, 4.69) is 25.1 Å². The highest BCUT2D eigenvalue weighted by Crippen LogP contribution is 2.19. The average molecular weight is 325 g/mol. The highest BCUT2D eigenvalue weighted by Gasteiger charge is 2.18. The first-order valence-electron chi connectivity index (χ1n) is 8.31. The molecule has 0 saturated carbocycles. The smallest absolute Gasteiger partial charge is 0.228 e. The number of rotatable bonds is 4. The van der Waals surface area contributed by atoms with E-state index in [1.54, 1.807) is 0 Å². The van der Waals surface area contributed by atoms with Crippen LogP contribution in [0.4, 0.5) is 17.3 Å². The topological polar surface area (TPSA) is 61.4 Å². The van der Waals surface area contributed by atoms with E-state index in [1.807, 2.05) is 56.6 Å². The average Bonchev–Trinajstić information content (AvgIpc) is 2.63. The van der Waals surface area contributed by atoms with Gasteiger partial charge in [0, 0.05) is 38.3 Å². The van der Waals surface area contributed by atoms with Gasteiger partial charge >= 0.3 is 0 Å². The van der Waals surface area contributed by atoms with Crippen molar-refractivity contribution >= 4 is 23.2 Å². The van der Waals surface area contributed by atoms with E-state index < -0.39 is 0 Å². The number of aromatic nitrogens is 2. The lowest BCUT2D eigenvalue weighted by Crippen LogP contribution is -2.46. The first-order chi connectivity index (χ1) is 11.6. The van der Waals surface area contributed by atoms with Gasteiger partial charge in [-0.1, -0.05) is 19.9 Å². The molecule has 1 fully saturated rings. The van der Waals surface area contributed by atoms with Crippen molar-refractivity contribution in [2.24, 2.45) is 5.92 Å². The van der Waals surface area contributed by atoms with Crippen LogP contribution in [-0.4, -0.2) is 42.1 Å². The first-order valence-corrected chi connectivity index (χ1v) is 8.31. The third-order valence-electron chi connectivity index (χ3n) is 4.14. The highest BCUT2D eigenvalue weighted by molar-refractivity contribution is 5.91. The number of amides is 1. The normalized spacial score (nSPS) is 14.8. The van der Waals surface area contributed by atoms with Crippen molar-refractivity contribution in [1.82, 2.24) is 9.97 Å². The van der Waals surface area contributed by atoms with Crippen LogP contribution in [-0.2, 0) is 4.79 Å². The summed E-state index contributed by atoms with van der Waals surface area (Å²) in [4.78, 5) is 25.1. The lowest BCUT2D eigenvalue weighted by atomic mass is 10.2. The van der Waals surface area contributed by atoms with Gasteiger partial charge in [-0.2, -0.15) is 0 Å². The van der Waals surface area contributed by atoms with Gasteiger partial charge in [-0.25, -0.2) is 9.97 Å². The van der Waals surface area contributed by atoms with Gasteiger partial charge in [-0.3, -0.25) is 4.79 Å². The second-order valence-corrected chi connectivity index (χ2v) is 6.21. The zero-order chi connectivity index (χ0) is 16.9. The summed E-state index contributed by atoms with van der Waals surface area (Å²) < 4.78 is 0. The number of carbonyl (C=O) groups excluding carboxylic acids is 1. The maximum Gasteiger partial charge on any atom is 0.228 e. The van der Waals surface area contributed by atoms with Gasteiger partial charge in [0.2, 0.25) is 5.91 Å². The van der Waals surface area contributed by atoms with Crippen LogP contribution in [0.15, 0.2) is 42.7 Å². The molecule has 3 heterocycles. The van der Waals surface area contributed by atoms with Crippen LogP contribution in [0.1, 0.15) is 13.8 Å². The Morgan fingerprint density at radius 2 is 1.79 bits per heavy atom. The molecule has 3 rings (SSSR count). The SMILES string of the molecule is CC(C)C(=O)Nc1ccc(N2CCN(c3ccccn3)CC2)cn1. The number of pyridine rings is 2. The number of nitrogens with zero attached hydrogens (tertiary/aromatic N) is 4. The molecule has 0 aromatic carbocycles. The molecule has 0 unspecified atom stereocenters. The Bertz CT molecular complexity index is 664. The summed E-state index contributed by atoms with van der Waals surface area (Å²) in [6, 6.07) is 9.87. The first kappa shape index (κ1) is 16.2. The van der Waals surface area contributed by atoms with Crippen molar-refractivity contribution < 1.29 is 4.79 Å². The summed E-state index contributed by atoms with van der Waals surface area (Å²) in [6.45, 7) is 7.45. The maximum atomic E-state index is 11.7. The molecular weight excluding hydrogens is 302 g/mol. The largest absolute Gasteiger partial charge is 0.367 e. The molecule has 0 aliphatic carbocycles. The van der Waals surface area contributed by atoms with Crippen molar-refractivity contribution in [3.05, 3.63) is 42.7 Å². The monoisotopic (exact) mass is 325 g/mol. The number of hydrogen-bond donors (Lipinski definition) is 1. The summed E-state index contributed by atoms with van der Waals surface area (Å²) in [5, 5.41) is 2.81. The molecule has 1 N–H and O–H groups in total. The Labute approximate surface area is 142 Å². The van der Waals surface area contributed by atoms with E-state index in [0.29, 0.717) is 5.82 Å². The summed E-state index contributed by atoms with van der Waals surface area (Å²) >= 11 is 0. The molecular formula is C18H23N5O. The quantitative estimate of drug-likeness (QED) is 0.935. The van der Waals surface area contributed by atoms with E-state index in [9.17, 15) is 4.79 Å². The van der Waals surface area contributed by atoms with E-state index in [-0.39, 0.29) is 11.8 Å². The summed E-state index contributed by atoms with van der Waals surface area (Å²) in [7, 11) is 0.